The number of nitrogens with one attached hydrogen (secondary N) is 1. The quantitative estimate of drug-likeness (QED) is 0.619. The van der Waals surface area contributed by atoms with E-state index < -0.39 is 0 Å². The third kappa shape index (κ3) is 1.93. The lowest BCUT2D eigenvalue weighted by molar-refractivity contribution is 0.174. The third-order valence-electron chi connectivity index (χ3n) is 3.28. The van der Waals surface area contributed by atoms with E-state index >= 15 is 0 Å². The van der Waals surface area contributed by atoms with Crippen LogP contribution in [0.2, 0.25) is 0 Å². The second-order valence-corrected chi connectivity index (χ2v) is 4.11. The fourth-order valence-electron chi connectivity index (χ4n) is 2.34. The van der Waals surface area contributed by atoms with Gasteiger partial charge in [-0.15, -0.1) is 12.4 Å². The lowest BCUT2D eigenvalue weighted by Crippen LogP contribution is -2.48. The zero-order chi connectivity index (χ0) is 7.73. The molecule has 2 fully saturated rings. The standard InChI is InChI=1S/C9H18N2.ClH/c1-11-7-4-9(5-8-11)3-2-6-10-9;/h10H,2-8H2,1H3;1H. The van der Waals surface area contributed by atoms with Crippen molar-refractivity contribution in [3.63, 3.8) is 0 Å². The summed E-state index contributed by atoms with van der Waals surface area (Å²) in [4.78, 5) is 2.44. The topological polar surface area (TPSA) is 15.3 Å². The number of hydrogen-bond acceptors (Lipinski definition) is 2. The second kappa shape index (κ2) is 3.95. The fourth-order valence-corrected chi connectivity index (χ4v) is 2.34. The molecule has 1 N–H and O–H groups in total. The zero-order valence-corrected chi connectivity index (χ0v) is 8.62. The van der Waals surface area contributed by atoms with Crippen molar-refractivity contribution in [2.75, 3.05) is 26.7 Å². The monoisotopic (exact) mass is 190 g/mol. The lowest BCUT2D eigenvalue weighted by Gasteiger charge is -2.37. The van der Waals surface area contributed by atoms with Crippen LogP contribution in [0.5, 0.6) is 0 Å². The average molecular weight is 191 g/mol. The first-order chi connectivity index (χ1) is 5.31. The van der Waals surface area contributed by atoms with Crippen LogP contribution in [0.3, 0.4) is 0 Å². The van der Waals surface area contributed by atoms with Gasteiger partial charge in [0.05, 0.1) is 0 Å². The van der Waals surface area contributed by atoms with Crippen LogP contribution >= 0.6 is 12.4 Å². The first-order valence-corrected chi connectivity index (χ1v) is 4.74. The van der Waals surface area contributed by atoms with Crippen molar-refractivity contribution in [1.29, 1.82) is 0 Å². The molecule has 0 aromatic rings. The molecule has 0 unspecified atom stereocenters. The molecule has 72 valence electrons. The molecule has 2 aliphatic rings. The van der Waals surface area contributed by atoms with E-state index in [-0.39, 0.29) is 12.4 Å². The first kappa shape index (κ1) is 10.3. The van der Waals surface area contributed by atoms with Crippen LogP contribution in [0.15, 0.2) is 0 Å². The van der Waals surface area contributed by atoms with Gasteiger partial charge in [0.15, 0.2) is 0 Å². The Kier molecular flexibility index (Phi) is 3.38. The van der Waals surface area contributed by atoms with Gasteiger partial charge in [0.2, 0.25) is 0 Å². The maximum absolute atomic E-state index is 3.67. The summed E-state index contributed by atoms with van der Waals surface area (Å²) in [5.74, 6) is 0. The molecule has 2 aliphatic heterocycles. The Bertz CT molecular complexity index is 133. The molecule has 3 heteroatoms. The molecule has 2 rings (SSSR count). The van der Waals surface area contributed by atoms with E-state index in [9.17, 15) is 0 Å². The Morgan fingerprint density at radius 3 is 2.33 bits per heavy atom. The fraction of sp³-hybridized carbons (Fsp3) is 1.00. The molecule has 0 aromatic carbocycles. The van der Waals surface area contributed by atoms with Crippen molar-refractivity contribution in [3.05, 3.63) is 0 Å². The smallest absolute Gasteiger partial charge is 0.0206 e. The van der Waals surface area contributed by atoms with Crippen LogP contribution in [0.1, 0.15) is 25.7 Å². The van der Waals surface area contributed by atoms with Crippen molar-refractivity contribution in [3.8, 4) is 0 Å². The number of rotatable bonds is 0. The van der Waals surface area contributed by atoms with Gasteiger partial charge in [-0.05, 0) is 52.4 Å². The summed E-state index contributed by atoms with van der Waals surface area (Å²) in [6.07, 6.45) is 5.54. The minimum Gasteiger partial charge on any atom is -0.311 e. The molecule has 2 saturated heterocycles. The number of likely N-dealkylation sites (tertiary alicyclic amines) is 1. The summed E-state index contributed by atoms with van der Waals surface area (Å²) in [5, 5.41) is 3.67. The zero-order valence-electron chi connectivity index (χ0n) is 7.81. The molecule has 2 heterocycles. The van der Waals surface area contributed by atoms with Crippen LogP contribution in [0, 0.1) is 0 Å². The summed E-state index contributed by atoms with van der Waals surface area (Å²) in [6.45, 7) is 3.82. The molecule has 0 aromatic heterocycles. The third-order valence-corrected chi connectivity index (χ3v) is 3.28. The number of halogens is 1. The summed E-state index contributed by atoms with van der Waals surface area (Å²) in [5.41, 5.74) is 0.562. The normalized spacial score (nSPS) is 28.8. The summed E-state index contributed by atoms with van der Waals surface area (Å²) in [6, 6.07) is 0. The SMILES string of the molecule is CN1CCC2(CCCN2)CC1.Cl. The highest BCUT2D eigenvalue weighted by Crippen LogP contribution is 2.29. The van der Waals surface area contributed by atoms with Crippen molar-refractivity contribution < 1.29 is 0 Å². The summed E-state index contributed by atoms with van der Waals surface area (Å²) < 4.78 is 0. The van der Waals surface area contributed by atoms with Gasteiger partial charge in [-0.1, -0.05) is 0 Å². The van der Waals surface area contributed by atoms with Gasteiger partial charge >= 0.3 is 0 Å². The van der Waals surface area contributed by atoms with E-state index in [1.54, 1.807) is 0 Å². The summed E-state index contributed by atoms with van der Waals surface area (Å²) in [7, 11) is 2.22. The van der Waals surface area contributed by atoms with E-state index in [1.165, 1.54) is 45.3 Å². The van der Waals surface area contributed by atoms with Gasteiger partial charge in [0.1, 0.15) is 0 Å². The van der Waals surface area contributed by atoms with E-state index in [2.05, 4.69) is 17.3 Å². The molecule has 0 bridgehead atoms. The average Bonchev–Trinajstić information content (AvgIpc) is 2.45. The van der Waals surface area contributed by atoms with Crippen LogP contribution < -0.4 is 5.32 Å². The molecule has 0 aliphatic carbocycles. The van der Waals surface area contributed by atoms with Gasteiger partial charge < -0.3 is 10.2 Å². The van der Waals surface area contributed by atoms with Crippen LogP contribution in [-0.2, 0) is 0 Å². The Labute approximate surface area is 81.1 Å². The van der Waals surface area contributed by atoms with Crippen molar-refractivity contribution in [1.82, 2.24) is 10.2 Å². The van der Waals surface area contributed by atoms with Crippen LogP contribution in [0.25, 0.3) is 0 Å². The van der Waals surface area contributed by atoms with E-state index in [0.717, 1.165) is 0 Å². The number of hydrogen-bond donors (Lipinski definition) is 1. The van der Waals surface area contributed by atoms with E-state index in [1.807, 2.05) is 0 Å². The molecule has 2 nitrogen and oxygen atoms in total. The summed E-state index contributed by atoms with van der Waals surface area (Å²) >= 11 is 0. The van der Waals surface area contributed by atoms with E-state index in [4.69, 9.17) is 0 Å². The highest BCUT2D eigenvalue weighted by atomic mass is 35.5. The molecule has 0 saturated carbocycles. The first-order valence-electron chi connectivity index (χ1n) is 4.74. The Morgan fingerprint density at radius 1 is 1.17 bits per heavy atom. The Morgan fingerprint density at radius 2 is 1.83 bits per heavy atom. The Balaban J connectivity index is 0.000000720. The predicted molar refractivity (Wildman–Crippen MR) is 53.9 cm³/mol. The van der Waals surface area contributed by atoms with Crippen LogP contribution in [0.4, 0.5) is 0 Å². The van der Waals surface area contributed by atoms with Crippen molar-refractivity contribution in [2.24, 2.45) is 0 Å². The minimum atomic E-state index is 0. The molecule has 0 radical (unpaired) electrons. The highest BCUT2D eigenvalue weighted by Gasteiger charge is 2.35. The Hall–Kier alpha value is 0.210. The van der Waals surface area contributed by atoms with Crippen LogP contribution in [-0.4, -0.2) is 37.1 Å². The van der Waals surface area contributed by atoms with Gasteiger partial charge in [-0.2, -0.15) is 0 Å². The van der Waals surface area contributed by atoms with E-state index in [0.29, 0.717) is 5.54 Å². The molecule has 1 spiro atoms. The largest absolute Gasteiger partial charge is 0.311 e. The maximum Gasteiger partial charge on any atom is 0.0206 e. The van der Waals surface area contributed by atoms with Crippen molar-refractivity contribution in [2.45, 2.75) is 31.2 Å². The highest BCUT2D eigenvalue weighted by molar-refractivity contribution is 5.85. The predicted octanol–water partition coefficient (Wildman–Crippen LogP) is 1.26. The lowest BCUT2D eigenvalue weighted by atomic mass is 9.86. The number of nitrogens with zero attached hydrogens (tertiary/aromatic N) is 1. The molecule has 12 heavy (non-hydrogen) atoms. The maximum atomic E-state index is 3.67. The molecular formula is C9H19ClN2. The van der Waals surface area contributed by atoms with Gasteiger partial charge in [0.25, 0.3) is 0 Å². The van der Waals surface area contributed by atoms with Crippen molar-refractivity contribution >= 4 is 12.4 Å². The minimum absolute atomic E-state index is 0. The van der Waals surface area contributed by atoms with Gasteiger partial charge in [-0.25, -0.2) is 0 Å². The van der Waals surface area contributed by atoms with Gasteiger partial charge in [-0.3, -0.25) is 0 Å². The second-order valence-electron chi connectivity index (χ2n) is 4.11. The van der Waals surface area contributed by atoms with Gasteiger partial charge in [0, 0.05) is 5.54 Å². The molecule has 0 amide bonds. The number of piperidine rings is 1. The molecule has 0 atom stereocenters. The molecular weight excluding hydrogens is 172 g/mol.